The monoisotopic (exact) mass is 365 g/mol. The molecular weight excluding hydrogens is 346 g/mol. The van der Waals surface area contributed by atoms with E-state index in [0.717, 1.165) is 29.6 Å². The van der Waals surface area contributed by atoms with Crippen molar-refractivity contribution in [3.63, 3.8) is 0 Å². The Morgan fingerprint density at radius 3 is 2.90 bits per heavy atom. The second-order valence-electron chi connectivity index (χ2n) is 5.42. The molecule has 1 aliphatic rings. The summed E-state index contributed by atoms with van der Waals surface area (Å²) in [4.78, 5) is 11.0. The predicted molar refractivity (Wildman–Crippen MR) is 90.8 cm³/mol. The number of nitrogens with zero attached hydrogens (tertiary/aromatic N) is 2. The molecule has 5 heteroatoms. The lowest BCUT2D eigenvalue weighted by Crippen LogP contribution is -2.24. The number of pyridine rings is 1. The molecule has 0 aromatic carbocycles. The van der Waals surface area contributed by atoms with Crippen LogP contribution < -0.4 is 5.32 Å². The average molecular weight is 366 g/mol. The Balaban J connectivity index is 1.91. The normalized spacial score (nSPS) is 15.7. The zero-order valence-electron chi connectivity index (χ0n) is 12.2. The smallest absolute Gasteiger partial charge is 0.116 e. The van der Waals surface area contributed by atoms with Gasteiger partial charge in [-0.1, -0.05) is 6.92 Å². The highest BCUT2D eigenvalue weighted by Gasteiger charge is 2.22. The zero-order chi connectivity index (χ0) is 14.7. The third-order valence-corrected chi connectivity index (χ3v) is 5.45. The minimum absolute atomic E-state index is 0.119. The second kappa shape index (κ2) is 6.99. The standard InChI is InChI=1S/C16H20BrN3S/c1-2-9-18-15(13-8-7-11(17)10-19-13)16-20-12-5-3-4-6-14(12)21-16/h7-8,10,15,18H,2-6,9H2,1H3. The molecule has 0 radical (unpaired) electrons. The molecule has 0 amide bonds. The summed E-state index contributed by atoms with van der Waals surface area (Å²) in [6.07, 6.45) is 7.89. The summed E-state index contributed by atoms with van der Waals surface area (Å²) in [6.45, 7) is 3.17. The highest BCUT2D eigenvalue weighted by Crippen LogP contribution is 2.32. The van der Waals surface area contributed by atoms with Crippen LogP contribution in [-0.2, 0) is 12.8 Å². The topological polar surface area (TPSA) is 37.8 Å². The molecule has 112 valence electrons. The van der Waals surface area contributed by atoms with Crippen LogP contribution in [0.5, 0.6) is 0 Å². The second-order valence-corrected chi connectivity index (χ2v) is 7.45. The Morgan fingerprint density at radius 2 is 2.19 bits per heavy atom. The number of fused-ring (bicyclic) bond motifs is 1. The maximum Gasteiger partial charge on any atom is 0.116 e. The fourth-order valence-electron chi connectivity index (χ4n) is 2.66. The van der Waals surface area contributed by atoms with E-state index in [-0.39, 0.29) is 6.04 Å². The van der Waals surface area contributed by atoms with Crippen LogP contribution in [0.15, 0.2) is 22.8 Å². The van der Waals surface area contributed by atoms with Crippen molar-refractivity contribution in [2.75, 3.05) is 6.54 Å². The lowest BCUT2D eigenvalue weighted by Gasteiger charge is -2.15. The van der Waals surface area contributed by atoms with E-state index >= 15 is 0 Å². The van der Waals surface area contributed by atoms with E-state index in [9.17, 15) is 0 Å². The van der Waals surface area contributed by atoms with Crippen LogP contribution >= 0.6 is 27.3 Å². The highest BCUT2D eigenvalue weighted by molar-refractivity contribution is 9.10. The van der Waals surface area contributed by atoms with Crippen LogP contribution in [-0.4, -0.2) is 16.5 Å². The summed E-state index contributed by atoms with van der Waals surface area (Å²) in [6, 6.07) is 4.25. The van der Waals surface area contributed by atoms with Gasteiger partial charge in [0.25, 0.3) is 0 Å². The number of aromatic nitrogens is 2. The molecule has 2 aromatic heterocycles. The van der Waals surface area contributed by atoms with Crippen molar-refractivity contribution in [1.29, 1.82) is 0 Å². The maximum absolute atomic E-state index is 4.91. The molecule has 3 nitrogen and oxygen atoms in total. The first-order valence-corrected chi connectivity index (χ1v) is 9.22. The Kier molecular flexibility index (Phi) is 5.03. The van der Waals surface area contributed by atoms with Gasteiger partial charge in [0.15, 0.2) is 0 Å². The van der Waals surface area contributed by atoms with E-state index in [0.29, 0.717) is 0 Å². The highest BCUT2D eigenvalue weighted by atomic mass is 79.9. The van der Waals surface area contributed by atoms with Crippen molar-refractivity contribution in [2.45, 2.75) is 45.1 Å². The molecule has 0 fully saturated rings. The number of hydrogen-bond donors (Lipinski definition) is 1. The maximum atomic E-state index is 4.91. The van der Waals surface area contributed by atoms with Gasteiger partial charge in [0.2, 0.25) is 0 Å². The quantitative estimate of drug-likeness (QED) is 0.859. The SMILES string of the molecule is CCCNC(c1ccc(Br)cn1)c1nc2c(s1)CCCC2. The molecule has 2 aromatic rings. The van der Waals surface area contributed by atoms with E-state index in [4.69, 9.17) is 4.98 Å². The van der Waals surface area contributed by atoms with Crippen molar-refractivity contribution in [1.82, 2.24) is 15.3 Å². The number of thiazole rings is 1. The molecule has 1 unspecified atom stereocenters. The summed E-state index contributed by atoms with van der Waals surface area (Å²) in [5.41, 5.74) is 2.37. The lowest BCUT2D eigenvalue weighted by molar-refractivity contribution is 0.581. The molecule has 0 aliphatic heterocycles. The largest absolute Gasteiger partial charge is 0.303 e. The molecule has 1 aliphatic carbocycles. The van der Waals surface area contributed by atoms with Gasteiger partial charge in [0.05, 0.1) is 11.4 Å². The van der Waals surface area contributed by atoms with Gasteiger partial charge in [-0.25, -0.2) is 4.98 Å². The Labute approximate surface area is 138 Å². The minimum Gasteiger partial charge on any atom is -0.303 e. The Bertz CT molecular complexity index is 571. The first-order chi connectivity index (χ1) is 10.3. The van der Waals surface area contributed by atoms with Crippen LogP contribution in [0.25, 0.3) is 0 Å². The molecule has 1 N–H and O–H groups in total. The van der Waals surface area contributed by atoms with Crippen molar-refractivity contribution in [3.8, 4) is 0 Å². The predicted octanol–water partition coefficient (Wildman–Crippen LogP) is 4.27. The van der Waals surface area contributed by atoms with Gasteiger partial charge in [-0.05, 0) is 66.7 Å². The first kappa shape index (κ1) is 15.1. The number of halogens is 1. The van der Waals surface area contributed by atoms with E-state index in [1.54, 1.807) is 0 Å². The molecule has 0 spiro atoms. The van der Waals surface area contributed by atoms with Gasteiger partial charge in [-0.2, -0.15) is 0 Å². The fraction of sp³-hybridized carbons (Fsp3) is 0.500. The van der Waals surface area contributed by atoms with Crippen molar-refractivity contribution in [3.05, 3.63) is 44.1 Å². The number of nitrogens with one attached hydrogen (secondary N) is 1. The molecule has 0 saturated heterocycles. The molecule has 2 heterocycles. The zero-order valence-corrected chi connectivity index (χ0v) is 14.6. The van der Waals surface area contributed by atoms with Gasteiger partial charge in [0.1, 0.15) is 11.0 Å². The van der Waals surface area contributed by atoms with Gasteiger partial charge >= 0.3 is 0 Å². The molecule has 3 rings (SSSR count). The average Bonchev–Trinajstić information content (AvgIpc) is 2.93. The van der Waals surface area contributed by atoms with Crippen LogP contribution in [0.2, 0.25) is 0 Å². The third-order valence-electron chi connectivity index (χ3n) is 3.75. The van der Waals surface area contributed by atoms with E-state index in [2.05, 4.69) is 45.3 Å². The van der Waals surface area contributed by atoms with Gasteiger partial charge in [-0.3, -0.25) is 4.98 Å². The Morgan fingerprint density at radius 1 is 1.33 bits per heavy atom. The first-order valence-electron chi connectivity index (χ1n) is 7.61. The Hall–Kier alpha value is -0.780. The molecule has 0 saturated carbocycles. The minimum atomic E-state index is 0.119. The summed E-state index contributed by atoms with van der Waals surface area (Å²) in [7, 11) is 0. The summed E-state index contributed by atoms with van der Waals surface area (Å²) < 4.78 is 1.01. The molecule has 1 atom stereocenters. The van der Waals surface area contributed by atoms with Crippen LogP contribution in [0, 0.1) is 0 Å². The van der Waals surface area contributed by atoms with Crippen LogP contribution in [0.4, 0.5) is 0 Å². The van der Waals surface area contributed by atoms with Crippen molar-refractivity contribution >= 4 is 27.3 Å². The van der Waals surface area contributed by atoms with Crippen LogP contribution in [0.1, 0.15) is 53.5 Å². The lowest BCUT2D eigenvalue weighted by atomic mass is 10.0. The van der Waals surface area contributed by atoms with E-state index in [1.165, 1.54) is 34.8 Å². The van der Waals surface area contributed by atoms with Gasteiger partial charge in [0, 0.05) is 15.5 Å². The molecule has 0 bridgehead atoms. The summed E-state index contributed by atoms with van der Waals surface area (Å²) in [5.74, 6) is 0. The third kappa shape index (κ3) is 3.52. The van der Waals surface area contributed by atoms with Crippen molar-refractivity contribution < 1.29 is 0 Å². The summed E-state index contributed by atoms with van der Waals surface area (Å²) in [5, 5.41) is 4.77. The van der Waals surface area contributed by atoms with E-state index in [1.807, 2.05) is 17.5 Å². The number of aryl methyl sites for hydroxylation is 2. The summed E-state index contributed by atoms with van der Waals surface area (Å²) >= 11 is 5.32. The molecule has 21 heavy (non-hydrogen) atoms. The van der Waals surface area contributed by atoms with E-state index < -0.39 is 0 Å². The van der Waals surface area contributed by atoms with Gasteiger partial charge < -0.3 is 5.32 Å². The fourth-order valence-corrected chi connectivity index (χ4v) is 4.14. The number of hydrogen-bond acceptors (Lipinski definition) is 4. The van der Waals surface area contributed by atoms with Crippen LogP contribution in [0.3, 0.4) is 0 Å². The van der Waals surface area contributed by atoms with Gasteiger partial charge in [-0.15, -0.1) is 11.3 Å². The number of rotatable bonds is 5. The van der Waals surface area contributed by atoms with Crippen molar-refractivity contribution in [2.24, 2.45) is 0 Å². The molecular formula is C16H20BrN3S.